The van der Waals surface area contributed by atoms with Crippen LogP contribution >= 0.6 is 0 Å². The molecule has 0 aliphatic rings. The van der Waals surface area contributed by atoms with Crippen LogP contribution in [0, 0.1) is 0 Å². The molecule has 2 aromatic heterocycles. The molecule has 0 spiro atoms. The molecule has 2 aromatic carbocycles. The molecule has 2 heterocycles. The Morgan fingerprint density at radius 3 is 2.69 bits per heavy atom. The summed E-state index contributed by atoms with van der Waals surface area (Å²) in [5.41, 5.74) is 3.75. The van der Waals surface area contributed by atoms with Crippen molar-refractivity contribution >= 4 is 17.1 Å². The fraction of sp³-hybridized carbons (Fsp3) is 0.250. The summed E-state index contributed by atoms with van der Waals surface area (Å²) in [6, 6.07) is 13.5. The number of carbonyl (C=O) groups excluding carboxylic acids is 1. The Morgan fingerprint density at radius 1 is 1.09 bits per heavy atom. The second-order valence-corrected chi connectivity index (χ2v) is 7.26. The zero-order valence-corrected chi connectivity index (χ0v) is 18.1. The molecule has 0 aliphatic carbocycles. The van der Waals surface area contributed by atoms with E-state index in [9.17, 15) is 9.59 Å². The molecule has 1 unspecified atom stereocenters. The highest BCUT2D eigenvalue weighted by Gasteiger charge is 2.18. The van der Waals surface area contributed by atoms with Crippen LogP contribution in [0.2, 0.25) is 0 Å². The summed E-state index contributed by atoms with van der Waals surface area (Å²) in [6.45, 7) is 6.32. The maximum atomic E-state index is 12.3. The van der Waals surface area contributed by atoms with Gasteiger partial charge in [-0.3, -0.25) is 9.59 Å². The predicted octanol–water partition coefficient (Wildman–Crippen LogP) is 4.05. The Hall–Kier alpha value is -3.94. The van der Waals surface area contributed by atoms with E-state index >= 15 is 0 Å². The number of nitrogens with one attached hydrogen (secondary N) is 2. The van der Waals surface area contributed by atoms with E-state index in [0.717, 1.165) is 16.7 Å². The van der Waals surface area contributed by atoms with Crippen molar-refractivity contribution in [1.82, 2.24) is 19.9 Å². The zero-order valence-electron chi connectivity index (χ0n) is 18.1. The SMILES string of the molecule is CCOC(=O)C(C)c1cccc(-c2ccc(-c3nc4[nH]cnc4c(=O)[nH]3)c(OCC)c2)c1. The standard InChI is InChI=1S/C24H24N4O4/c1-4-31-19-12-17(16-8-6-7-15(11-16)14(3)24(30)32-5-2)9-10-18(19)21-27-22-20(23(29)28-21)25-13-26-22/h6-14H,4-5H2,1-3H3,(H2,25,26,27,28,29). The third kappa shape index (κ3) is 4.12. The lowest BCUT2D eigenvalue weighted by atomic mass is 9.95. The van der Waals surface area contributed by atoms with Gasteiger partial charge < -0.3 is 19.4 Å². The summed E-state index contributed by atoms with van der Waals surface area (Å²) in [5, 5.41) is 0. The summed E-state index contributed by atoms with van der Waals surface area (Å²) in [5.74, 6) is 0.373. The lowest BCUT2D eigenvalue weighted by Crippen LogP contribution is -2.12. The largest absolute Gasteiger partial charge is 0.493 e. The number of aromatic nitrogens is 4. The molecule has 0 radical (unpaired) electrons. The Balaban J connectivity index is 1.74. The summed E-state index contributed by atoms with van der Waals surface area (Å²) in [6.07, 6.45) is 1.44. The van der Waals surface area contributed by atoms with Crippen LogP contribution in [0.1, 0.15) is 32.3 Å². The minimum absolute atomic E-state index is 0.251. The van der Waals surface area contributed by atoms with E-state index in [1.807, 2.05) is 56.3 Å². The number of benzene rings is 2. The third-order valence-corrected chi connectivity index (χ3v) is 5.19. The van der Waals surface area contributed by atoms with Crippen LogP contribution in [0.15, 0.2) is 53.6 Å². The normalized spacial score (nSPS) is 12.0. The highest BCUT2D eigenvalue weighted by atomic mass is 16.5. The number of imidazole rings is 1. The van der Waals surface area contributed by atoms with Gasteiger partial charge in [0.1, 0.15) is 11.6 Å². The fourth-order valence-electron chi connectivity index (χ4n) is 3.54. The number of esters is 1. The first kappa shape index (κ1) is 21.3. The minimum atomic E-state index is -0.365. The van der Waals surface area contributed by atoms with E-state index in [-0.39, 0.29) is 23.0 Å². The second kappa shape index (κ2) is 9.05. The van der Waals surface area contributed by atoms with Crippen molar-refractivity contribution in [1.29, 1.82) is 0 Å². The maximum absolute atomic E-state index is 12.3. The molecular weight excluding hydrogens is 408 g/mol. The summed E-state index contributed by atoms with van der Waals surface area (Å²) < 4.78 is 11.0. The Kier molecular flexibility index (Phi) is 6.02. The van der Waals surface area contributed by atoms with E-state index in [0.29, 0.717) is 36.0 Å². The number of H-pyrrole nitrogens is 2. The van der Waals surface area contributed by atoms with E-state index in [2.05, 4.69) is 19.9 Å². The monoisotopic (exact) mass is 432 g/mol. The molecular formula is C24H24N4O4. The van der Waals surface area contributed by atoms with Crippen LogP contribution in [0.4, 0.5) is 0 Å². The number of hydrogen-bond acceptors (Lipinski definition) is 6. The van der Waals surface area contributed by atoms with Crippen molar-refractivity contribution < 1.29 is 14.3 Å². The molecule has 0 fully saturated rings. The van der Waals surface area contributed by atoms with Crippen molar-refractivity contribution in [3.05, 3.63) is 64.7 Å². The zero-order chi connectivity index (χ0) is 22.7. The number of ether oxygens (including phenoxy) is 2. The molecule has 32 heavy (non-hydrogen) atoms. The summed E-state index contributed by atoms with van der Waals surface area (Å²) in [7, 11) is 0. The average Bonchev–Trinajstić information content (AvgIpc) is 3.28. The van der Waals surface area contributed by atoms with Crippen LogP contribution in [0.25, 0.3) is 33.7 Å². The van der Waals surface area contributed by atoms with Gasteiger partial charge in [-0.05, 0) is 49.6 Å². The number of aromatic amines is 2. The molecule has 0 saturated heterocycles. The summed E-state index contributed by atoms with van der Waals surface area (Å²) >= 11 is 0. The molecule has 4 aromatic rings. The Labute approximate surface area is 184 Å². The molecule has 2 N–H and O–H groups in total. The molecule has 0 bridgehead atoms. The number of rotatable bonds is 7. The number of carbonyl (C=O) groups is 1. The van der Waals surface area contributed by atoms with E-state index < -0.39 is 0 Å². The molecule has 0 amide bonds. The van der Waals surface area contributed by atoms with Gasteiger partial charge in [0.15, 0.2) is 11.2 Å². The van der Waals surface area contributed by atoms with Gasteiger partial charge in [0.25, 0.3) is 5.56 Å². The molecule has 164 valence electrons. The van der Waals surface area contributed by atoms with Crippen LogP contribution < -0.4 is 10.3 Å². The van der Waals surface area contributed by atoms with Crippen LogP contribution in [-0.2, 0) is 9.53 Å². The number of hydrogen-bond donors (Lipinski definition) is 2. The highest BCUT2D eigenvalue weighted by Crippen LogP contribution is 2.34. The van der Waals surface area contributed by atoms with Crippen molar-refractivity contribution in [2.45, 2.75) is 26.7 Å². The quantitative estimate of drug-likeness (QED) is 0.427. The molecule has 0 saturated carbocycles. The Morgan fingerprint density at radius 2 is 1.91 bits per heavy atom. The third-order valence-electron chi connectivity index (χ3n) is 5.19. The van der Waals surface area contributed by atoms with Gasteiger partial charge in [-0.15, -0.1) is 0 Å². The Bertz CT molecular complexity index is 1330. The van der Waals surface area contributed by atoms with E-state index in [4.69, 9.17) is 9.47 Å². The van der Waals surface area contributed by atoms with Crippen molar-refractivity contribution in [3.63, 3.8) is 0 Å². The lowest BCUT2D eigenvalue weighted by Gasteiger charge is -2.14. The van der Waals surface area contributed by atoms with Gasteiger partial charge in [-0.2, -0.15) is 0 Å². The second-order valence-electron chi connectivity index (χ2n) is 7.26. The summed E-state index contributed by atoms with van der Waals surface area (Å²) in [4.78, 5) is 38.6. The van der Waals surface area contributed by atoms with Gasteiger partial charge in [-0.1, -0.05) is 30.3 Å². The van der Waals surface area contributed by atoms with Crippen LogP contribution in [0.3, 0.4) is 0 Å². The van der Waals surface area contributed by atoms with Crippen molar-refractivity contribution in [3.8, 4) is 28.3 Å². The average molecular weight is 432 g/mol. The highest BCUT2D eigenvalue weighted by molar-refractivity contribution is 5.80. The lowest BCUT2D eigenvalue weighted by molar-refractivity contribution is -0.144. The molecule has 8 nitrogen and oxygen atoms in total. The topological polar surface area (TPSA) is 110 Å². The van der Waals surface area contributed by atoms with E-state index in [1.165, 1.54) is 6.33 Å². The molecule has 8 heteroatoms. The van der Waals surface area contributed by atoms with Gasteiger partial charge in [0.05, 0.1) is 31.0 Å². The molecule has 0 aliphatic heterocycles. The van der Waals surface area contributed by atoms with E-state index in [1.54, 1.807) is 6.92 Å². The fourth-order valence-corrected chi connectivity index (χ4v) is 3.54. The maximum Gasteiger partial charge on any atom is 0.313 e. The number of fused-ring (bicyclic) bond motifs is 1. The van der Waals surface area contributed by atoms with Crippen LogP contribution in [-0.4, -0.2) is 39.1 Å². The molecule has 4 rings (SSSR count). The number of nitrogens with zero attached hydrogens (tertiary/aromatic N) is 2. The van der Waals surface area contributed by atoms with Gasteiger partial charge in [-0.25, -0.2) is 9.97 Å². The first-order valence-corrected chi connectivity index (χ1v) is 10.5. The van der Waals surface area contributed by atoms with Gasteiger partial charge in [0.2, 0.25) is 0 Å². The smallest absolute Gasteiger partial charge is 0.313 e. The molecule has 1 atom stereocenters. The minimum Gasteiger partial charge on any atom is -0.493 e. The van der Waals surface area contributed by atoms with Crippen molar-refractivity contribution in [2.75, 3.05) is 13.2 Å². The van der Waals surface area contributed by atoms with Crippen LogP contribution in [0.5, 0.6) is 5.75 Å². The van der Waals surface area contributed by atoms with Crippen molar-refractivity contribution in [2.24, 2.45) is 0 Å². The first-order valence-electron chi connectivity index (χ1n) is 10.5. The first-order chi connectivity index (χ1) is 15.5. The van der Waals surface area contributed by atoms with Gasteiger partial charge in [0, 0.05) is 0 Å². The predicted molar refractivity (Wildman–Crippen MR) is 122 cm³/mol. The van der Waals surface area contributed by atoms with Gasteiger partial charge >= 0.3 is 5.97 Å².